The fraction of sp³-hybridized carbons (Fsp3) is 0.227. The molecule has 0 aliphatic heterocycles. The third-order valence-corrected chi connectivity index (χ3v) is 4.87. The third-order valence-electron chi connectivity index (χ3n) is 4.87. The van der Waals surface area contributed by atoms with Crippen molar-refractivity contribution < 1.29 is 0 Å². The van der Waals surface area contributed by atoms with Crippen LogP contribution in [0.3, 0.4) is 0 Å². The van der Waals surface area contributed by atoms with Crippen LogP contribution >= 0.6 is 0 Å². The van der Waals surface area contributed by atoms with Crippen LogP contribution in [0.25, 0.3) is 17.0 Å². The average molecular weight is 372 g/mol. The van der Waals surface area contributed by atoms with Crippen molar-refractivity contribution in [3.05, 3.63) is 78.6 Å². The molecule has 0 saturated heterocycles. The second kappa shape index (κ2) is 7.78. The van der Waals surface area contributed by atoms with Crippen LogP contribution in [0, 0.1) is 0 Å². The van der Waals surface area contributed by atoms with Crippen molar-refractivity contribution in [1.82, 2.24) is 24.5 Å². The molecule has 28 heavy (non-hydrogen) atoms. The summed E-state index contributed by atoms with van der Waals surface area (Å²) in [4.78, 5) is 11.2. The van der Waals surface area contributed by atoms with Crippen LogP contribution in [-0.4, -0.2) is 44.6 Å². The lowest BCUT2D eigenvalue weighted by Gasteiger charge is -2.31. The van der Waals surface area contributed by atoms with Gasteiger partial charge in [0, 0.05) is 17.7 Å². The first-order valence-electron chi connectivity index (χ1n) is 9.37. The molecule has 4 aromatic rings. The van der Waals surface area contributed by atoms with Gasteiger partial charge in [0.1, 0.15) is 12.1 Å². The van der Waals surface area contributed by atoms with Gasteiger partial charge in [-0.2, -0.15) is 14.6 Å². The SMILES string of the molecule is C[C@H](Nc1cc(-c2ccccc2)nc2ncnn12)[C@H](c1ccccc1)N(C)C. The van der Waals surface area contributed by atoms with Gasteiger partial charge in [-0.25, -0.2) is 4.98 Å². The van der Waals surface area contributed by atoms with E-state index in [0.717, 1.165) is 17.1 Å². The lowest BCUT2D eigenvalue weighted by atomic mass is 9.99. The van der Waals surface area contributed by atoms with E-state index in [1.165, 1.54) is 11.9 Å². The zero-order chi connectivity index (χ0) is 19.5. The molecule has 2 aromatic heterocycles. The molecule has 0 aliphatic carbocycles. The van der Waals surface area contributed by atoms with Crippen molar-refractivity contribution in [2.24, 2.45) is 0 Å². The molecule has 0 aliphatic rings. The van der Waals surface area contributed by atoms with Crippen LogP contribution < -0.4 is 5.32 Å². The molecule has 1 N–H and O–H groups in total. The van der Waals surface area contributed by atoms with Gasteiger partial charge in [-0.05, 0) is 26.6 Å². The summed E-state index contributed by atoms with van der Waals surface area (Å²) in [5.41, 5.74) is 3.19. The number of benzene rings is 2. The highest BCUT2D eigenvalue weighted by molar-refractivity contribution is 5.65. The molecule has 2 aromatic carbocycles. The molecule has 0 amide bonds. The maximum Gasteiger partial charge on any atom is 0.254 e. The Labute approximate surface area is 164 Å². The minimum atomic E-state index is 0.135. The molecule has 2 heterocycles. The van der Waals surface area contributed by atoms with Crippen molar-refractivity contribution in [2.75, 3.05) is 19.4 Å². The summed E-state index contributed by atoms with van der Waals surface area (Å²) in [7, 11) is 4.20. The molecule has 6 heteroatoms. The minimum absolute atomic E-state index is 0.135. The largest absolute Gasteiger partial charge is 0.365 e. The lowest BCUT2D eigenvalue weighted by Crippen LogP contribution is -2.35. The Morgan fingerprint density at radius 1 is 0.964 bits per heavy atom. The van der Waals surface area contributed by atoms with Crippen LogP contribution in [0.1, 0.15) is 18.5 Å². The number of aromatic nitrogens is 4. The number of rotatable bonds is 6. The van der Waals surface area contributed by atoms with Gasteiger partial charge in [-0.3, -0.25) is 0 Å². The Morgan fingerprint density at radius 3 is 2.32 bits per heavy atom. The predicted octanol–water partition coefficient (Wildman–Crippen LogP) is 3.89. The van der Waals surface area contributed by atoms with E-state index in [-0.39, 0.29) is 12.1 Å². The Hall–Kier alpha value is -3.25. The van der Waals surface area contributed by atoms with Crippen molar-refractivity contribution >= 4 is 11.6 Å². The molecule has 0 saturated carbocycles. The Kier molecular flexibility index (Phi) is 5.04. The summed E-state index contributed by atoms with van der Waals surface area (Å²) in [6.07, 6.45) is 1.54. The van der Waals surface area contributed by atoms with Crippen LogP contribution in [0.15, 0.2) is 73.1 Å². The van der Waals surface area contributed by atoms with Crippen LogP contribution in [0.5, 0.6) is 0 Å². The van der Waals surface area contributed by atoms with Crippen molar-refractivity contribution in [1.29, 1.82) is 0 Å². The Bertz CT molecular complexity index is 1040. The molecule has 0 bridgehead atoms. The quantitative estimate of drug-likeness (QED) is 0.556. The molecular formula is C22H24N6. The number of nitrogens with one attached hydrogen (secondary N) is 1. The first kappa shape index (κ1) is 18.1. The van der Waals surface area contributed by atoms with E-state index in [1.807, 2.05) is 30.3 Å². The Morgan fingerprint density at radius 2 is 1.64 bits per heavy atom. The number of fused-ring (bicyclic) bond motifs is 1. The van der Waals surface area contributed by atoms with E-state index in [1.54, 1.807) is 4.52 Å². The lowest BCUT2D eigenvalue weighted by molar-refractivity contribution is 0.275. The molecule has 142 valence electrons. The van der Waals surface area contributed by atoms with Crippen LogP contribution in [0.2, 0.25) is 0 Å². The van der Waals surface area contributed by atoms with Gasteiger partial charge < -0.3 is 10.2 Å². The smallest absolute Gasteiger partial charge is 0.254 e. The van der Waals surface area contributed by atoms with Gasteiger partial charge in [-0.15, -0.1) is 0 Å². The van der Waals surface area contributed by atoms with Crippen LogP contribution in [-0.2, 0) is 0 Å². The molecule has 0 radical (unpaired) electrons. The van der Waals surface area contributed by atoms with Crippen LogP contribution in [0.4, 0.5) is 5.82 Å². The van der Waals surface area contributed by atoms with Gasteiger partial charge in [0.05, 0.1) is 11.7 Å². The first-order valence-corrected chi connectivity index (χ1v) is 9.37. The third kappa shape index (κ3) is 3.59. The predicted molar refractivity (Wildman–Crippen MR) is 112 cm³/mol. The molecular weight excluding hydrogens is 348 g/mol. The average Bonchev–Trinajstić information content (AvgIpc) is 3.18. The van der Waals surface area contributed by atoms with Gasteiger partial charge in [0.2, 0.25) is 0 Å². The normalized spacial score (nSPS) is 13.6. The number of anilines is 1. The van der Waals surface area contributed by atoms with E-state index >= 15 is 0 Å². The maximum atomic E-state index is 4.65. The number of likely N-dealkylation sites (N-methyl/N-ethyl adjacent to an activating group) is 1. The molecule has 0 unspecified atom stereocenters. The van der Waals surface area contributed by atoms with Crippen molar-refractivity contribution in [3.8, 4) is 11.3 Å². The van der Waals surface area contributed by atoms with Gasteiger partial charge >= 0.3 is 0 Å². The van der Waals surface area contributed by atoms with E-state index in [9.17, 15) is 0 Å². The van der Waals surface area contributed by atoms with Gasteiger partial charge in [-0.1, -0.05) is 60.7 Å². The summed E-state index contributed by atoms with van der Waals surface area (Å²) in [6, 6.07) is 23.0. The monoisotopic (exact) mass is 372 g/mol. The van der Waals surface area contributed by atoms with Crippen molar-refractivity contribution in [3.63, 3.8) is 0 Å². The summed E-state index contributed by atoms with van der Waals surface area (Å²) < 4.78 is 1.75. The first-order chi connectivity index (χ1) is 13.6. The second-order valence-electron chi connectivity index (χ2n) is 7.12. The van der Waals surface area contributed by atoms with Crippen molar-refractivity contribution in [2.45, 2.75) is 19.0 Å². The molecule has 0 fully saturated rings. The topological polar surface area (TPSA) is 58.4 Å². The number of nitrogens with zero attached hydrogens (tertiary/aromatic N) is 5. The fourth-order valence-electron chi connectivity index (χ4n) is 3.67. The molecule has 0 spiro atoms. The standard InChI is InChI=1S/C22H24N6/c1-16(21(27(2)3)18-12-8-5-9-13-18)25-20-14-19(17-10-6-4-7-11-17)26-22-23-15-24-28(20)22/h4-16,21,25H,1-3H3/t16-,21+/m0/s1. The van der Waals surface area contributed by atoms with E-state index in [2.05, 4.69) is 82.7 Å². The fourth-order valence-corrected chi connectivity index (χ4v) is 3.67. The summed E-state index contributed by atoms with van der Waals surface area (Å²) >= 11 is 0. The zero-order valence-corrected chi connectivity index (χ0v) is 16.3. The zero-order valence-electron chi connectivity index (χ0n) is 16.3. The highest BCUT2D eigenvalue weighted by atomic mass is 15.4. The second-order valence-corrected chi connectivity index (χ2v) is 7.12. The molecule has 4 rings (SSSR count). The number of hydrogen-bond donors (Lipinski definition) is 1. The van der Waals surface area contributed by atoms with E-state index in [0.29, 0.717) is 5.78 Å². The Balaban J connectivity index is 1.71. The van der Waals surface area contributed by atoms with E-state index in [4.69, 9.17) is 0 Å². The van der Waals surface area contributed by atoms with E-state index < -0.39 is 0 Å². The van der Waals surface area contributed by atoms with Gasteiger partial charge in [0.15, 0.2) is 0 Å². The highest BCUT2D eigenvalue weighted by Gasteiger charge is 2.22. The maximum absolute atomic E-state index is 4.65. The highest BCUT2D eigenvalue weighted by Crippen LogP contribution is 2.26. The number of hydrogen-bond acceptors (Lipinski definition) is 5. The summed E-state index contributed by atoms with van der Waals surface area (Å²) in [5, 5.41) is 7.99. The van der Waals surface area contributed by atoms with Gasteiger partial charge in [0.25, 0.3) is 5.78 Å². The molecule has 6 nitrogen and oxygen atoms in total. The summed E-state index contributed by atoms with van der Waals surface area (Å²) in [5.74, 6) is 1.45. The molecule has 2 atom stereocenters. The summed E-state index contributed by atoms with van der Waals surface area (Å²) in [6.45, 7) is 2.18. The minimum Gasteiger partial charge on any atom is -0.365 e.